The van der Waals surface area contributed by atoms with E-state index in [1.807, 2.05) is 0 Å². The monoisotopic (exact) mass is 562 g/mol. The summed E-state index contributed by atoms with van der Waals surface area (Å²) in [5.41, 5.74) is 13.8. The molecule has 1 aliphatic carbocycles. The van der Waals surface area contributed by atoms with Gasteiger partial charge in [-0.1, -0.05) is 115 Å². The third-order valence-corrected chi connectivity index (χ3v) is 9.21. The predicted octanol–water partition coefficient (Wildman–Crippen LogP) is 11.0. The van der Waals surface area contributed by atoms with Crippen LogP contribution < -0.4 is 0 Å². The first-order valence-electron chi connectivity index (χ1n) is 15.4. The van der Waals surface area contributed by atoms with Crippen molar-refractivity contribution in [2.45, 2.75) is 12.8 Å². The van der Waals surface area contributed by atoms with Crippen LogP contribution in [0.25, 0.3) is 72.4 Å². The summed E-state index contributed by atoms with van der Waals surface area (Å²) in [7, 11) is 0. The molecule has 0 unspecified atom stereocenters. The predicted molar refractivity (Wildman–Crippen MR) is 186 cm³/mol. The standard InChI is InChI=1S/C42H30N2/c1-3-11-29(12-4-1)31-19-23-33(24-20-31)43-37-17-9-7-15-35(37)41-39(43)27-28-40-42(41)36-16-8-10-18-38(36)44(40)34-25-21-32(22-26-34)30-13-5-2-6-14-30/h1-9,11-17,19-28H,10,18H2. The Bertz CT molecular complexity index is 2330. The third-order valence-electron chi connectivity index (χ3n) is 9.21. The molecule has 1 aliphatic rings. The third kappa shape index (κ3) is 3.81. The fraction of sp³-hybridized carbons (Fsp3) is 0.0476. The van der Waals surface area contributed by atoms with Gasteiger partial charge in [-0.15, -0.1) is 0 Å². The number of benzene rings is 6. The average Bonchev–Trinajstić information content (AvgIpc) is 3.62. The van der Waals surface area contributed by atoms with E-state index < -0.39 is 0 Å². The summed E-state index contributed by atoms with van der Waals surface area (Å²) in [6.07, 6.45) is 6.78. The van der Waals surface area contributed by atoms with Gasteiger partial charge in [0.05, 0.1) is 16.6 Å². The van der Waals surface area contributed by atoms with Crippen LogP contribution in [0.5, 0.6) is 0 Å². The molecule has 0 atom stereocenters. The van der Waals surface area contributed by atoms with Crippen molar-refractivity contribution in [3.8, 4) is 33.6 Å². The minimum atomic E-state index is 1.03. The van der Waals surface area contributed by atoms with E-state index in [2.05, 4.69) is 167 Å². The molecule has 0 bridgehead atoms. The highest BCUT2D eigenvalue weighted by molar-refractivity contribution is 6.23. The summed E-state index contributed by atoms with van der Waals surface area (Å²) in [5.74, 6) is 0. The number of nitrogens with zero attached hydrogens (tertiary/aromatic N) is 2. The molecule has 208 valence electrons. The first-order chi connectivity index (χ1) is 21.8. The zero-order chi connectivity index (χ0) is 29.0. The second-order valence-electron chi connectivity index (χ2n) is 11.7. The number of allylic oxidation sites excluding steroid dienone is 1. The van der Waals surface area contributed by atoms with Crippen LogP contribution in [0.2, 0.25) is 0 Å². The molecule has 0 aliphatic heterocycles. The molecule has 44 heavy (non-hydrogen) atoms. The first-order valence-corrected chi connectivity index (χ1v) is 15.4. The van der Waals surface area contributed by atoms with Crippen molar-refractivity contribution in [3.05, 3.63) is 163 Å². The number of aromatic nitrogens is 2. The molecule has 9 rings (SSSR count). The summed E-state index contributed by atoms with van der Waals surface area (Å²) >= 11 is 0. The van der Waals surface area contributed by atoms with E-state index in [4.69, 9.17) is 0 Å². The van der Waals surface area contributed by atoms with Gasteiger partial charge in [-0.05, 0) is 77.6 Å². The van der Waals surface area contributed by atoms with Crippen molar-refractivity contribution in [3.63, 3.8) is 0 Å². The summed E-state index contributed by atoms with van der Waals surface area (Å²) in [6.45, 7) is 0. The number of hydrogen-bond donors (Lipinski definition) is 0. The van der Waals surface area contributed by atoms with Crippen molar-refractivity contribution < 1.29 is 0 Å². The van der Waals surface area contributed by atoms with Crippen LogP contribution in [0, 0.1) is 0 Å². The van der Waals surface area contributed by atoms with Crippen molar-refractivity contribution in [1.29, 1.82) is 0 Å². The second-order valence-corrected chi connectivity index (χ2v) is 11.7. The number of para-hydroxylation sites is 1. The van der Waals surface area contributed by atoms with Crippen LogP contribution in [-0.2, 0) is 6.42 Å². The second kappa shape index (κ2) is 10.00. The van der Waals surface area contributed by atoms with E-state index >= 15 is 0 Å². The van der Waals surface area contributed by atoms with Crippen LogP contribution in [0.15, 0.2) is 152 Å². The topological polar surface area (TPSA) is 9.86 Å². The molecule has 6 aromatic carbocycles. The van der Waals surface area contributed by atoms with Gasteiger partial charge in [0.15, 0.2) is 0 Å². The molecule has 2 heterocycles. The Labute approximate surface area is 256 Å². The summed E-state index contributed by atoms with van der Waals surface area (Å²) in [4.78, 5) is 0. The lowest BCUT2D eigenvalue weighted by molar-refractivity contribution is 0.888. The zero-order valence-electron chi connectivity index (χ0n) is 24.3. The Kier molecular flexibility index (Phi) is 5.67. The van der Waals surface area contributed by atoms with Crippen LogP contribution in [0.4, 0.5) is 0 Å². The summed E-state index contributed by atoms with van der Waals surface area (Å²) < 4.78 is 4.94. The fourth-order valence-electron chi connectivity index (χ4n) is 7.21. The van der Waals surface area contributed by atoms with E-state index in [1.54, 1.807) is 0 Å². The van der Waals surface area contributed by atoms with Gasteiger partial charge in [-0.3, -0.25) is 0 Å². The maximum Gasteiger partial charge on any atom is 0.0548 e. The van der Waals surface area contributed by atoms with E-state index in [1.165, 1.54) is 77.6 Å². The van der Waals surface area contributed by atoms with E-state index in [0.29, 0.717) is 0 Å². The SMILES string of the molecule is C1=Cc2c(n(-c3ccc(-c4ccccc4)cc3)c3ccc4c(c5ccccc5n4-c4ccc(-c5ccccc5)cc4)c23)CC1. The largest absolute Gasteiger partial charge is 0.313 e. The lowest BCUT2D eigenvalue weighted by Gasteiger charge is -2.14. The van der Waals surface area contributed by atoms with Crippen molar-refractivity contribution in [2.75, 3.05) is 0 Å². The summed E-state index contributed by atoms with van der Waals surface area (Å²) in [6, 6.07) is 52.8. The quantitative estimate of drug-likeness (QED) is 0.202. The molecule has 0 N–H and O–H groups in total. The number of fused-ring (bicyclic) bond motifs is 7. The van der Waals surface area contributed by atoms with Gasteiger partial charge in [-0.25, -0.2) is 0 Å². The number of rotatable bonds is 4. The molecule has 0 radical (unpaired) electrons. The molecule has 0 fully saturated rings. The Balaban J connectivity index is 1.27. The fourth-order valence-corrected chi connectivity index (χ4v) is 7.21. The zero-order valence-corrected chi connectivity index (χ0v) is 24.3. The van der Waals surface area contributed by atoms with E-state index in [9.17, 15) is 0 Å². The van der Waals surface area contributed by atoms with Crippen molar-refractivity contribution >= 4 is 38.8 Å². The normalized spacial score (nSPS) is 12.7. The molecule has 2 aromatic heterocycles. The van der Waals surface area contributed by atoms with Gasteiger partial charge < -0.3 is 9.13 Å². The molecule has 8 aromatic rings. The molecular weight excluding hydrogens is 532 g/mol. The minimum Gasteiger partial charge on any atom is -0.313 e. The smallest absolute Gasteiger partial charge is 0.0548 e. The first kappa shape index (κ1) is 24.9. The Hall–Kier alpha value is -5.60. The van der Waals surface area contributed by atoms with Gasteiger partial charge in [0.2, 0.25) is 0 Å². The molecule has 0 saturated carbocycles. The molecule has 0 saturated heterocycles. The van der Waals surface area contributed by atoms with Gasteiger partial charge in [0.25, 0.3) is 0 Å². The van der Waals surface area contributed by atoms with Crippen LogP contribution in [-0.4, -0.2) is 9.13 Å². The van der Waals surface area contributed by atoms with E-state index in [-0.39, 0.29) is 0 Å². The Morgan fingerprint density at radius 1 is 0.409 bits per heavy atom. The highest BCUT2D eigenvalue weighted by atomic mass is 15.0. The maximum absolute atomic E-state index is 2.50. The highest BCUT2D eigenvalue weighted by Gasteiger charge is 2.23. The Morgan fingerprint density at radius 2 is 0.932 bits per heavy atom. The molecule has 2 heteroatoms. The van der Waals surface area contributed by atoms with Gasteiger partial charge >= 0.3 is 0 Å². The van der Waals surface area contributed by atoms with Crippen LogP contribution in [0.3, 0.4) is 0 Å². The lowest BCUT2D eigenvalue weighted by atomic mass is 9.99. The highest BCUT2D eigenvalue weighted by Crippen LogP contribution is 2.43. The van der Waals surface area contributed by atoms with Gasteiger partial charge in [-0.2, -0.15) is 0 Å². The van der Waals surface area contributed by atoms with Crippen molar-refractivity contribution in [1.82, 2.24) is 9.13 Å². The minimum absolute atomic E-state index is 1.03. The number of hydrogen-bond acceptors (Lipinski definition) is 0. The van der Waals surface area contributed by atoms with Crippen LogP contribution >= 0.6 is 0 Å². The maximum atomic E-state index is 2.50. The lowest BCUT2D eigenvalue weighted by Crippen LogP contribution is -2.02. The molecular formula is C42H30N2. The van der Waals surface area contributed by atoms with Crippen molar-refractivity contribution in [2.24, 2.45) is 0 Å². The molecule has 2 nitrogen and oxygen atoms in total. The van der Waals surface area contributed by atoms with Gasteiger partial charge in [0, 0.05) is 38.8 Å². The molecule has 0 amide bonds. The molecule has 0 spiro atoms. The van der Waals surface area contributed by atoms with Crippen LogP contribution in [0.1, 0.15) is 17.7 Å². The summed E-state index contributed by atoms with van der Waals surface area (Å²) in [5, 5.41) is 3.96. The Morgan fingerprint density at radius 3 is 1.57 bits per heavy atom. The average molecular weight is 563 g/mol. The van der Waals surface area contributed by atoms with Gasteiger partial charge in [0.1, 0.15) is 0 Å². The van der Waals surface area contributed by atoms with E-state index in [0.717, 1.165) is 12.8 Å².